The van der Waals surface area contributed by atoms with Gasteiger partial charge in [0.2, 0.25) is 0 Å². The van der Waals surface area contributed by atoms with Gasteiger partial charge in [-0.3, -0.25) is 4.79 Å². The molecule has 0 spiro atoms. The molecular weight excluding hydrogens is 280 g/mol. The third kappa shape index (κ3) is 2.62. The van der Waals surface area contributed by atoms with Crippen LogP contribution in [0.2, 0.25) is 0 Å². The monoisotopic (exact) mass is 296 g/mol. The first kappa shape index (κ1) is 14.7. The molecule has 0 aliphatic carbocycles. The van der Waals surface area contributed by atoms with Crippen molar-refractivity contribution in [2.24, 2.45) is 5.73 Å². The number of hydrogen-bond acceptors (Lipinski definition) is 5. The number of halogens is 1. The number of nitrogens with two attached hydrogens (primary N) is 1. The third-order valence-corrected chi connectivity index (χ3v) is 3.50. The molecule has 0 bridgehead atoms. The van der Waals surface area contributed by atoms with E-state index in [0.717, 1.165) is 30.5 Å². The van der Waals surface area contributed by atoms with Gasteiger partial charge >= 0.3 is 0 Å². The second-order valence-corrected chi connectivity index (χ2v) is 5.00. The van der Waals surface area contributed by atoms with Crippen molar-refractivity contribution in [2.45, 2.75) is 25.8 Å². The van der Waals surface area contributed by atoms with E-state index in [1.54, 1.807) is 11.0 Å². The molecule has 2 N–H and O–H groups in total. The lowest BCUT2D eigenvalue weighted by Crippen LogP contribution is -2.45. The quantitative estimate of drug-likeness (QED) is 0.862. The molecule has 1 aliphatic rings. The summed E-state index contributed by atoms with van der Waals surface area (Å²) >= 11 is 0. The molecule has 0 radical (unpaired) electrons. The van der Waals surface area contributed by atoms with Crippen LogP contribution in [0.3, 0.4) is 0 Å². The van der Waals surface area contributed by atoms with Crippen LogP contribution in [-0.4, -0.2) is 40.1 Å². The Kier molecular flexibility index (Phi) is 4.25. The standard InChI is InChI=1S/C13H16N4O2.ClH/c1-8-11-5-9(6-15-12(11)19-16-8)13(18)17-4-2-3-10(14)7-17;/h5-6,10H,2-4,7,14H2,1H3;1H. The Bertz CT molecular complexity index is 628. The summed E-state index contributed by atoms with van der Waals surface area (Å²) < 4.78 is 5.04. The number of carbonyl (C=O) groups excluding carboxylic acids is 1. The van der Waals surface area contributed by atoms with Crippen molar-refractivity contribution in [3.63, 3.8) is 0 Å². The van der Waals surface area contributed by atoms with Gasteiger partial charge < -0.3 is 15.2 Å². The number of carbonyl (C=O) groups is 1. The first-order valence-electron chi connectivity index (χ1n) is 6.42. The van der Waals surface area contributed by atoms with E-state index in [1.807, 2.05) is 6.92 Å². The van der Waals surface area contributed by atoms with Gasteiger partial charge in [0.1, 0.15) is 0 Å². The van der Waals surface area contributed by atoms with Crippen LogP contribution < -0.4 is 5.73 Å². The van der Waals surface area contributed by atoms with E-state index in [1.165, 1.54) is 6.20 Å². The molecule has 1 atom stereocenters. The van der Waals surface area contributed by atoms with Crippen LogP contribution in [0.1, 0.15) is 28.9 Å². The van der Waals surface area contributed by atoms with Gasteiger partial charge in [0, 0.05) is 25.3 Å². The molecule has 6 nitrogen and oxygen atoms in total. The zero-order chi connectivity index (χ0) is 13.4. The number of nitrogens with zero attached hydrogens (tertiary/aromatic N) is 3. The van der Waals surface area contributed by atoms with Crippen molar-refractivity contribution < 1.29 is 9.32 Å². The second kappa shape index (κ2) is 5.76. The van der Waals surface area contributed by atoms with Gasteiger partial charge in [-0.25, -0.2) is 4.98 Å². The van der Waals surface area contributed by atoms with E-state index >= 15 is 0 Å². The molecular formula is C13H17ClN4O2. The van der Waals surface area contributed by atoms with Crippen molar-refractivity contribution in [3.05, 3.63) is 23.5 Å². The van der Waals surface area contributed by atoms with Gasteiger partial charge in [0.25, 0.3) is 11.6 Å². The van der Waals surface area contributed by atoms with Gasteiger partial charge in [-0.2, -0.15) is 0 Å². The van der Waals surface area contributed by atoms with Crippen LogP contribution >= 0.6 is 12.4 Å². The van der Waals surface area contributed by atoms with E-state index in [0.29, 0.717) is 17.8 Å². The number of likely N-dealkylation sites (tertiary alicyclic amines) is 1. The predicted octanol–water partition coefficient (Wildman–Crippen LogP) is 1.52. The minimum absolute atomic E-state index is 0. The molecule has 7 heteroatoms. The normalized spacial score (nSPS) is 18.9. The Labute approximate surface area is 122 Å². The summed E-state index contributed by atoms with van der Waals surface area (Å²) in [6.07, 6.45) is 3.47. The van der Waals surface area contributed by atoms with Crippen LogP contribution in [0.5, 0.6) is 0 Å². The van der Waals surface area contributed by atoms with E-state index in [9.17, 15) is 4.79 Å². The number of pyridine rings is 1. The molecule has 0 saturated carbocycles. The van der Waals surface area contributed by atoms with Crippen molar-refractivity contribution in [3.8, 4) is 0 Å². The molecule has 0 aromatic carbocycles. The molecule has 20 heavy (non-hydrogen) atoms. The summed E-state index contributed by atoms with van der Waals surface area (Å²) in [5, 5.41) is 4.62. The number of piperidine rings is 1. The first-order chi connectivity index (χ1) is 9.15. The van der Waals surface area contributed by atoms with Gasteiger partial charge in [0.15, 0.2) is 0 Å². The van der Waals surface area contributed by atoms with E-state index in [4.69, 9.17) is 10.3 Å². The zero-order valence-electron chi connectivity index (χ0n) is 11.2. The maximum Gasteiger partial charge on any atom is 0.257 e. The minimum atomic E-state index is -0.0230. The van der Waals surface area contributed by atoms with Gasteiger partial charge in [-0.05, 0) is 25.8 Å². The van der Waals surface area contributed by atoms with Crippen molar-refractivity contribution in [2.75, 3.05) is 13.1 Å². The Hall–Kier alpha value is -1.66. The summed E-state index contributed by atoms with van der Waals surface area (Å²) in [6.45, 7) is 3.20. The molecule has 3 rings (SSSR count). The number of amides is 1. The predicted molar refractivity (Wildman–Crippen MR) is 76.9 cm³/mol. The smallest absolute Gasteiger partial charge is 0.257 e. The number of aryl methyl sites for hydroxylation is 1. The van der Waals surface area contributed by atoms with E-state index in [2.05, 4.69) is 10.1 Å². The summed E-state index contributed by atoms with van der Waals surface area (Å²) in [5.41, 5.74) is 7.67. The first-order valence-corrected chi connectivity index (χ1v) is 6.42. The SMILES string of the molecule is Cc1noc2ncc(C(=O)N3CCCC(N)C3)cc12.Cl. The fourth-order valence-corrected chi connectivity index (χ4v) is 2.44. The summed E-state index contributed by atoms with van der Waals surface area (Å²) in [5.74, 6) is -0.0230. The number of fused-ring (bicyclic) bond motifs is 1. The number of rotatable bonds is 1. The van der Waals surface area contributed by atoms with E-state index < -0.39 is 0 Å². The maximum atomic E-state index is 12.4. The summed E-state index contributed by atoms with van der Waals surface area (Å²) in [6, 6.07) is 1.86. The summed E-state index contributed by atoms with van der Waals surface area (Å²) in [7, 11) is 0. The topological polar surface area (TPSA) is 85.2 Å². The zero-order valence-corrected chi connectivity index (χ0v) is 12.0. The van der Waals surface area contributed by atoms with Crippen molar-refractivity contribution in [1.82, 2.24) is 15.0 Å². The lowest BCUT2D eigenvalue weighted by molar-refractivity contribution is 0.0708. The Morgan fingerprint density at radius 2 is 2.35 bits per heavy atom. The highest BCUT2D eigenvalue weighted by atomic mass is 35.5. The van der Waals surface area contributed by atoms with Crippen molar-refractivity contribution in [1.29, 1.82) is 0 Å². The molecule has 2 aromatic rings. The molecule has 1 unspecified atom stereocenters. The average molecular weight is 297 g/mol. The van der Waals surface area contributed by atoms with Crippen LogP contribution in [0, 0.1) is 6.92 Å². The lowest BCUT2D eigenvalue weighted by Gasteiger charge is -2.30. The van der Waals surface area contributed by atoms with Gasteiger partial charge in [-0.15, -0.1) is 12.4 Å². The van der Waals surface area contributed by atoms with Crippen LogP contribution in [0.4, 0.5) is 0 Å². The summed E-state index contributed by atoms with van der Waals surface area (Å²) in [4.78, 5) is 18.3. The van der Waals surface area contributed by atoms with Crippen LogP contribution in [-0.2, 0) is 0 Å². The molecule has 108 valence electrons. The molecule has 1 saturated heterocycles. The maximum absolute atomic E-state index is 12.4. The Morgan fingerprint density at radius 3 is 3.10 bits per heavy atom. The Balaban J connectivity index is 0.00000147. The van der Waals surface area contributed by atoms with Crippen molar-refractivity contribution >= 4 is 29.4 Å². The minimum Gasteiger partial charge on any atom is -0.337 e. The van der Waals surface area contributed by atoms with E-state index in [-0.39, 0.29) is 24.4 Å². The van der Waals surface area contributed by atoms with Crippen LogP contribution in [0.15, 0.2) is 16.8 Å². The Morgan fingerprint density at radius 1 is 1.55 bits per heavy atom. The highest BCUT2D eigenvalue weighted by Gasteiger charge is 2.23. The van der Waals surface area contributed by atoms with Crippen LogP contribution in [0.25, 0.3) is 11.1 Å². The molecule has 2 aromatic heterocycles. The number of aromatic nitrogens is 2. The second-order valence-electron chi connectivity index (χ2n) is 5.00. The third-order valence-electron chi connectivity index (χ3n) is 3.50. The highest BCUT2D eigenvalue weighted by Crippen LogP contribution is 2.19. The largest absolute Gasteiger partial charge is 0.337 e. The lowest BCUT2D eigenvalue weighted by atomic mass is 10.1. The highest BCUT2D eigenvalue weighted by molar-refractivity contribution is 5.97. The average Bonchev–Trinajstić information content (AvgIpc) is 2.79. The molecule has 1 aliphatic heterocycles. The molecule has 1 amide bonds. The fraction of sp³-hybridized carbons (Fsp3) is 0.462. The fourth-order valence-electron chi connectivity index (χ4n) is 2.44. The number of hydrogen-bond donors (Lipinski definition) is 1. The van der Waals surface area contributed by atoms with Gasteiger partial charge in [0.05, 0.1) is 16.6 Å². The molecule has 3 heterocycles. The molecule has 1 fully saturated rings. The van der Waals surface area contributed by atoms with Gasteiger partial charge in [-0.1, -0.05) is 5.16 Å².